The molecule has 0 radical (unpaired) electrons. The molecule has 1 saturated heterocycles. The molecule has 1 unspecified atom stereocenters. The fourth-order valence-corrected chi connectivity index (χ4v) is 2.74. The Bertz CT molecular complexity index is 481. The molecule has 1 heterocycles. The van der Waals surface area contributed by atoms with Crippen LogP contribution in [0.25, 0.3) is 0 Å². The quantitative estimate of drug-likeness (QED) is 0.734. The molecule has 2 rings (SSSR count). The highest BCUT2D eigenvalue weighted by Crippen LogP contribution is 2.33. The fraction of sp³-hybridized carbons (Fsp3) is 0.467. The summed E-state index contributed by atoms with van der Waals surface area (Å²) in [6.45, 7) is 3.59. The summed E-state index contributed by atoms with van der Waals surface area (Å²) in [6, 6.07) is 8.16. The lowest BCUT2D eigenvalue weighted by molar-refractivity contribution is 0.0766. The van der Waals surface area contributed by atoms with E-state index in [4.69, 9.17) is 5.11 Å². The zero-order chi connectivity index (χ0) is 14.6. The van der Waals surface area contributed by atoms with Crippen LogP contribution < -0.4 is 10.6 Å². The van der Waals surface area contributed by atoms with E-state index < -0.39 is 12.1 Å². The molecule has 108 valence electrons. The van der Waals surface area contributed by atoms with E-state index in [2.05, 4.69) is 10.6 Å². The maximum atomic E-state index is 12.6. The van der Waals surface area contributed by atoms with Crippen molar-refractivity contribution in [3.63, 3.8) is 0 Å². The Hall–Kier alpha value is -1.88. The van der Waals surface area contributed by atoms with E-state index in [-0.39, 0.29) is 11.2 Å². The van der Waals surface area contributed by atoms with E-state index in [9.17, 15) is 9.59 Å². The van der Waals surface area contributed by atoms with Gasteiger partial charge in [-0.1, -0.05) is 37.3 Å². The molecular weight excluding hydrogens is 256 g/mol. The summed E-state index contributed by atoms with van der Waals surface area (Å²) in [7, 11) is 0. The number of rotatable bonds is 4. The van der Waals surface area contributed by atoms with Gasteiger partial charge in [-0.2, -0.15) is 0 Å². The van der Waals surface area contributed by atoms with Gasteiger partial charge in [-0.05, 0) is 31.3 Å². The smallest absolute Gasteiger partial charge is 0.405 e. The summed E-state index contributed by atoms with van der Waals surface area (Å²) in [5.74, 6) is -0.155. The molecule has 1 atom stereocenters. The van der Waals surface area contributed by atoms with Gasteiger partial charge in [-0.15, -0.1) is 0 Å². The summed E-state index contributed by atoms with van der Waals surface area (Å²) in [6.07, 6.45) is 0.395. The van der Waals surface area contributed by atoms with E-state index >= 15 is 0 Å². The van der Waals surface area contributed by atoms with Crippen molar-refractivity contribution in [2.75, 3.05) is 13.1 Å². The fourth-order valence-electron chi connectivity index (χ4n) is 2.74. The zero-order valence-electron chi connectivity index (χ0n) is 11.6. The minimum Gasteiger partial charge on any atom is -0.465 e. The molecule has 0 saturated carbocycles. The van der Waals surface area contributed by atoms with Crippen molar-refractivity contribution in [2.45, 2.75) is 25.8 Å². The first-order chi connectivity index (χ1) is 9.53. The van der Waals surface area contributed by atoms with Crippen LogP contribution in [0.2, 0.25) is 0 Å². The average molecular weight is 276 g/mol. The molecule has 3 N–H and O–H groups in total. The van der Waals surface area contributed by atoms with Gasteiger partial charge in [0.15, 0.2) is 5.78 Å². The highest BCUT2D eigenvalue weighted by molar-refractivity contribution is 6.02. The Morgan fingerprint density at radius 2 is 1.85 bits per heavy atom. The third-order valence-electron chi connectivity index (χ3n) is 4.03. The van der Waals surface area contributed by atoms with E-state index in [0.29, 0.717) is 5.56 Å². The molecule has 5 heteroatoms. The second kappa shape index (κ2) is 6.05. The molecule has 1 aliphatic rings. The van der Waals surface area contributed by atoms with Gasteiger partial charge < -0.3 is 15.7 Å². The monoisotopic (exact) mass is 276 g/mol. The van der Waals surface area contributed by atoms with Crippen molar-refractivity contribution < 1.29 is 14.7 Å². The van der Waals surface area contributed by atoms with Gasteiger partial charge in [-0.3, -0.25) is 4.79 Å². The summed E-state index contributed by atoms with van der Waals surface area (Å²) in [4.78, 5) is 23.7. The van der Waals surface area contributed by atoms with Gasteiger partial charge in [0.1, 0.15) is 6.04 Å². The van der Waals surface area contributed by atoms with Crippen LogP contribution in [0, 0.1) is 5.41 Å². The molecular formula is C15H20N2O3. The number of hydrogen-bond donors (Lipinski definition) is 3. The summed E-state index contributed by atoms with van der Waals surface area (Å²) in [5, 5.41) is 14.7. The Balaban J connectivity index is 2.27. The highest BCUT2D eigenvalue weighted by Gasteiger charge is 2.41. The molecule has 0 spiro atoms. The minimum absolute atomic E-state index is 0.155. The number of piperidine rings is 1. The van der Waals surface area contributed by atoms with Crippen LogP contribution in [0.3, 0.4) is 0 Å². The first-order valence-corrected chi connectivity index (χ1v) is 6.82. The molecule has 0 aliphatic carbocycles. The van der Waals surface area contributed by atoms with Crippen molar-refractivity contribution >= 4 is 11.9 Å². The Morgan fingerprint density at radius 3 is 2.40 bits per heavy atom. The SMILES string of the molecule is CC1(C(NC(=O)O)C(=O)c2ccccc2)CCNCC1. The second-order valence-electron chi connectivity index (χ2n) is 5.52. The molecule has 5 nitrogen and oxygen atoms in total. The molecule has 1 aliphatic heterocycles. The van der Waals surface area contributed by atoms with Gasteiger partial charge in [0.05, 0.1) is 0 Å². The summed E-state index contributed by atoms with van der Waals surface area (Å²) in [5.41, 5.74) is 0.197. The number of carbonyl (C=O) groups excluding carboxylic acids is 1. The van der Waals surface area contributed by atoms with Crippen molar-refractivity contribution in [3.8, 4) is 0 Å². The molecule has 0 aromatic heterocycles. The number of carbonyl (C=O) groups is 2. The van der Waals surface area contributed by atoms with E-state index in [1.165, 1.54) is 0 Å². The molecule has 20 heavy (non-hydrogen) atoms. The predicted octanol–water partition coefficient (Wildman–Crippen LogP) is 1.90. The van der Waals surface area contributed by atoms with Gasteiger partial charge in [-0.25, -0.2) is 4.79 Å². The number of Topliss-reactive ketones (excluding diaryl/α,β-unsaturated/α-hetero) is 1. The van der Waals surface area contributed by atoms with Crippen molar-refractivity contribution in [1.82, 2.24) is 10.6 Å². The first-order valence-electron chi connectivity index (χ1n) is 6.82. The van der Waals surface area contributed by atoms with E-state index in [1.54, 1.807) is 24.3 Å². The van der Waals surface area contributed by atoms with Crippen LogP contribution in [0.4, 0.5) is 4.79 Å². The normalized spacial score (nSPS) is 19.1. The van der Waals surface area contributed by atoms with Crippen LogP contribution in [-0.4, -0.2) is 36.1 Å². The van der Waals surface area contributed by atoms with Crippen LogP contribution in [-0.2, 0) is 0 Å². The largest absolute Gasteiger partial charge is 0.465 e. The molecule has 1 fully saturated rings. The van der Waals surface area contributed by atoms with Gasteiger partial charge in [0, 0.05) is 5.56 Å². The lowest BCUT2D eigenvalue weighted by atomic mass is 9.72. The second-order valence-corrected chi connectivity index (χ2v) is 5.52. The van der Waals surface area contributed by atoms with E-state index in [0.717, 1.165) is 25.9 Å². The predicted molar refractivity (Wildman–Crippen MR) is 75.9 cm³/mol. The molecule has 0 bridgehead atoms. The van der Waals surface area contributed by atoms with Gasteiger partial charge >= 0.3 is 6.09 Å². The van der Waals surface area contributed by atoms with Gasteiger partial charge in [0.25, 0.3) is 0 Å². The lowest BCUT2D eigenvalue weighted by Crippen LogP contribution is -2.54. The van der Waals surface area contributed by atoms with Gasteiger partial charge in [0.2, 0.25) is 0 Å². The number of benzene rings is 1. The third-order valence-corrected chi connectivity index (χ3v) is 4.03. The first kappa shape index (κ1) is 14.5. The van der Waals surface area contributed by atoms with Crippen molar-refractivity contribution in [3.05, 3.63) is 35.9 Å². The molecule has 1 aromatic rings. The Morgan fingerprint density at radius 1 is 1.25 bits per heavy atom. The van der Waals surface area contributed by atoms with Crippen molar-refractivity contribution in [2.24, 2.45) is 5.41 Å². The van der Waals surface area contributed by atoms with Crippen molar-refractivity contribution in [1.29, 1.82) is 0 Å². The molecule has 1 aromatic carbocycles. The number of nitrogens with one attached hydrogen (secondary N) is 2. The topological polar surface area (TPSA) is 78.4 Å². The summed E-state index contributed by atoms with van der Waals surface area (Å²) >= 11 is 0. The van der Waals surface area contributed by atoms with E-state index in [1.807, 2.05) is 13.0 Å². The lowest BCUT2D eigenvalue weighted by Gasteiger charge is -2.40. The highest BCUT2D eigenvalue weighted by atomic mass is 16.4. The number of hydrogen-bond acceptors (Lipinski definition) is 3. The van der Waals surface area contributed by atoms with Crippen LogP contribution in [0.15, 0.2) is 30.3 Å². The minimum atomic E-state index is -1.15. The Kier molecular flexibility index (Phi) is 4.39. The maximum absolute atomic E-state index is 12.6. The summed E-state index contributed by atoms with van der Waals surface area (Å²) < 4.78 is 0. The number of amides is 1. The Labute approximate surface area is 118 Å². The number of carboxylic acid groups (broad SMARTS) is 1. The molecule has 1 amide bonds. The van der Waals surface area contributed by atoms with Crippen LogP contribution in [0.5, 0.6) is 0 Å². The zero-order valence-corrected chi connectivity index (χ0v) is 11.6. The standard InChI is InChI=1S/C15H20N2O3/c1-15(7-9-16-10-8-15)13(17-14(19)20)12(18)11-5-3-2-4-6-11/h2-6,13,16-17H,7-10H2,1H3,(H,19,20). The van der Waals surface area contributed by atoms with Crippen LogP contribution in [0.1, 0.15) is 30.1 Å². The third kappa shape index (κ3) is 3.17. The van der Waals surface area contributed by atoms with Crippen LogP contribution >= 0.6 is 0 Å². The maximum Gasteiger partial charge on any atom is 0.405 e. The average Bonchev–Trinajstić information content (AvgIpc) is 2.45. The number of ketones is 1.